The van der Waals surface area contributed by atoms with Crippen molar-refractivity contribution in [2.75, 3.05) is 13.6 Å². The number of nitrogens with one attached hydrogen (secondary N) is 2. The molecule has 0 atom stereocenters. The van der Waals surface area contributed by atoms with Gasteiger partial charge in [-0.3, -0.25) is 0 Å². The molecular formula is C12H24N2. The summed E-state index contributed by atoms with van der Waals surface area (Å²) in [5.74, 6) is 0. The summed E-state index contributed by atoms with van der Waals surface area (Å²) in [6.07, 6.45) is 11.2. The van der Waals surface area contributed by atoms with Gasteiger partial charge in [0.05, 0.1) is 0 Å². The van der Waals surface area contributed by atoms with Gasteiger partial charge in [0, 0.05) is 11.6 Å². The van der Waals surface area contributed by atoms with E-state index in [2.05, 4.69) is 17.7 Å². The first kappa shape index (κ1) is 10.4. The lowest BCUT2D eigenvalue weighted by Gasteiger charge is -2.37. The van der Waals surface area contributed by atoms with Crippen LogP contribution in [0, 0.1) is 0 Å². The molecule has 2 rings (SSSR count). The number of rotatable bonds is 5. The van der Waals surface area contributed by atoms with Gasteiger partial charge in [-0.15, -0.1) is 0 Å². The zero-order chi connectivity index (χ0) is 9.86. The van der Waals surface area contributed by atoms with Crippen LogP contribution in [-0.4, -0.2) is 25.2 Å². The highest BCUT2D eigenvalue weighted by atomic mass is 15.0. The summed E-state index contributed by atoms with van der Waals surface area (Å²) < 4.78 is 0. The summed E-state index contributed by atoms with van der Waals surface area (Å²) in [5, 5.41) is 7.19. The van der Waals surface area contributed by atoms with Crippen LogP contribution in [0.3, 0.4) is 0 Å². The lowest BCUT2D eigenvalue weighted by molar-refractivity contribution is 0.228. The van der Waals surface area contributed by atoms with Crippen molar-refractivity contribution in [1.82, 2.24) is 10.6 Å². The highest BCUT2D eigenvalue weighted by Crippen LogP contribution is 2.30. The molecule has 0 unspecified atom stereocenters. The van der Waals surface area contributed by atoms with Crippen LogP contribution in [0.25, 0.3) is 0 Å². The predicted octanol–water partition coefficient (Wildman–Crippen LogP) is 2.05. The third kappa shape index (κ3) is 2.71. The molecule has 2 aliphatic carbocycles. The van der Waals surface area contributed by atoms with Crippen molar-refractivity contribution in [2.45, 2.75) is 62.9 Å². The van der Waals surface area contributed by atoms with Gasteiger partial charge in [-0.05, 0) is 45.7 Å². The van der Waals surface area contributed by atoms with Crippen LogP contribution in [0.1, 0.15) is 51.4 Å². The second-order valence-electron chi connectivity index (χ2n) is 5.07. The summed E-state index contributed by atoms with van der Waals surface area (Å²) in [5.41, 5.74) is 0.472. The van der Waals surface area contributed by atoms with Gasteiger partial charge in [-0.1, -0.05) is 19.3 Å². The molecule has 0 amide bonds. The van der Waals surface area contributed by atoms with Crippen LogP contribution >= 0.6 is 0 Å². The van der Waals surface area contributed by atoms with Crippen molar-refractivity contribution in [1.29, 1.82) is 0 Å². The van der Waals surface area contributed by atoms with E-state index >= 15 is 0 Å². The average molecular weight is 196 g/mol. The Morgan fingerprint density at radius 3 is 2.43 bits per heavy atom. The van der Waals surface area contributed by atoms with Crippen molar-refractivity contribution >= 4 is 0 Å². The van der Waals surface area contributed by atoms with Crippen molar-refractivity contribution < 1.29 is 0 Å². The second kappa shape index (κ2) is 4.63. The second-order valence-corrected chi connectivity index (χ2v) is 5.07. The summed E-state index contributed by atoms with van der Waals surface area (Å²) in [4.78, 5) is 0. The first-order valence-corrected chi connectivity index (χ1v) is 6.27. The molecule has 0 bridgehead atoms. The Hall–Kier alpha value is -0.0800. The SMILES string of the molecule is CNC1(CCNC2CC2)CCCCC1. The van der Waals surface area contributed by atoms with Crippen molar-refractivity contribution in [3.63, 3.8) is 0 Å². The summed E-state index contributed by atoms with van der Waals surface area (Å²) in [7, 11) is 2.14. The minimum Gasteiger partial charge on any atom is -0.314 e. The van der Waals surface area contributed by atoms with E-state index in [9.17, 15) is 0 Å². The normalized spacial score (nSPS) is 26.4. The molecule has 0 spiro atoms. The Morgan fingerprint density at radius 1 is 1.14 bits per heavy atom. The first-order valence-electron chi connectivity index (χ1n) is 6.27. The topological polar surface area (TPSA) is 24.1 Å². The van der Waals surface area contributed by atoms with Gasteiger partial charge < -0.3 is 10.6 Å². The van der Waals surface area contributed by atoms with Gasteiger partial charge in [0.2, 0.25) is 0 Å². The number of hydrogen-bond acceptors (Lipinski definition) is 2. The van der Waals surface area contributed by atoms with Crippen LogP contribution < -0.4 is 10.6 Å². The van der Waals surface area contributed by atoms with E-state index < -0.39 is 0 Å². The lowest BCUT2D eigenvalue weighted by Crippen LogP contribution is -2.46. The molecule has 2 nitrogen and oxygen atoms in total. The van der Waals surface area contributed by atoms with Gasteiger partial charge in [-0.25, -0.2) is 0 Å². The lowest BCUT2D eigenvalue weighted by atomic mass is 9.79. The Bertz CT molecular complexity index is 169. The summed E-state index contributed by atoms with van der Waals surface area (Å²) >= 11 is 0. The molecule has 82 valence electrons. The molecule has 2 N–H and O–H groups in total. The van der Waals surface area contributed by atoms with Crippen LogP contribution in [-0.2, 0) is 0 Å². The molecule has 2 aliphatic rings. The maximum atomic E-state index is 3.62. The fourth-order valence-corrected chi connectivity index (χ4v) is 2.66. The molecular weight excluding hydrogens is 172 g/mol. The van der Waals surface area contributed by atoms with E-state index in [1.165, 1.54) is 57.9 Å². The Labute approximate surface area is 87.8 Å². The molecule has 0 aromatic rings. The molecule has 0 aromatic carbocycles. The van der Waals surface area contributed by atoms with Crippen LogP contribution in [0.15, 0.2) is 0 Å². The standard InChI is InChI=1S/C12H24N2/c1-13-12(7-3-2-4-8-12)9-10-14-11-5-6-11/h11,13-14H,2-10H2,1H3. The van der Waals surface area contributed by atoms with E-state index in [0.29, 0.717) is 5.54 Å². The maximum absolute atomic E-state index is 3.62. The molecule has 0 aromatic heterocycles. The molecule has 2 fully saturated rings. The largest absolute Gasteiger partial charge is 0.314 e. The fraction of sp³-hybridized carbons (Fsp3) is 1.00. The van der Waals surface area contributed by atoms with Crippen LogP contribution in [0.5, 0.6) is 0 Å². The predicted molar refractivity (Wildman–Crippen MR) is 60.5 cm³/mol. The Kier molecular flexibility index (Phi) is 3.45. The van der Waals surface area contributed by atoms with E-state index in [-0.39, 0.29) is 0 Å². The van der Waals surface area contributed by atoms with Gasteiger partial charge >= 0.3 is 0 Å². The van der Waals surface area contributed by atoms with Crippen molar-refractivity contribution in [2.24, 2.45) is 0 Å². The first-order chi connectivity index (χ1) is 6.85. The molecule has 0 heterocycles. The monoisotopic (exact) mass is 196 g/mol. The van der Waals surface area contributed by atoms with Crippen LogP contribution in [0.2, 0.25) is 0 Å². The Balaban J connectivity index is 1.71. The minimum absolute atomic E-state index is 0.472. The van der Waals surface area contributed by atoms with Crippen molar-refractivity contribution in [3.05, 3.63) is 0 Å². The van der Waals surface area contributed by atoms with Gasteiger partial charge in [-0.2, -0.15) is 0 Å². The summed E-state index contributed by atoms with van der Waals surface area (Å²) in [6.45, 7) is 1.21. The molecule has 2 saturated carbocycles. The van der Waals surface area contributed by atoms with E-state index in [0.717, 1.165) is 6.04 Å². The van der Waals surface area contributed by atoms with Gasteiger partial charge in [0.25, 0.3) is 0 Å². The zero-order valence-electron chi connectivity index (χ0n) is 9.44. The van der Waals surface area contributed by atoms with E-state index in [1.54, 1.807) is 0 Å². The molecule has 0 aliphatic heterocycles. The highest BCUT2D eigenvalue weighted by molar-refractivity contribution is 4.91. The maximum Gasteiger partial charge on any atom is 0.0190 e. The van der Waals surface area contributed by atoms with Crippen LogP contribution in [0.4, 0.5) is 0 Å². The molecule has 0 saturated heterocycles. The summed E-state index contributed by atoms with van der Waals surface area (Å²) in [6, 6.07) is 0.868. The fourth-order valence-electron chi connectivity index (χ4n) is 2.66. The van der Waals surface area contributed by atoms with Crippen molar-refractivity contribution in [3.8, 4) is 0 Å². The van der Waals surface area contributed by atoms with E-state index in [1.807, 2.05) is 0 Å². The smallest absolute Gasteiger partial charge is 0.0190 e. The minimum atomic E-state index is 0.472. The average Bonchev–Trinajstić information content (AvgIpc) is 3.03. The molecule has 14 heavy (non-hydrogen) atoms. The third-order valence-corrected chi connectivity index (χ3v) is 3.95. The molecule has 2 heteroatoms. The van der Waals surface area contributed by atoms with E-state index in [4.69, 9.17) is 0 Å². The quantitative estimate of drug-likeness (QED) is 0.703. The molecule has 0 radical (unpaired) electrons. The third-order valence-electron chi connectivity index (χ3n) is 3.95. The zero-order valence-corrected chi connectivity index (χ0v) is 9.44. The van der Waals surface area contributed by atoms with Gasteiger partial charge in [0.15, 0.2) is 0 Å². The highest BCUT2D eigenvalue weighted by Gasteiger charge is 2.30. The Morgan fingerprint density at radius 2 is 1.86 bits per heavy atom. The van der Waals surface area contributed by atoms with Gasteiger partial charge in [0.1, 0.15) is 0 Å². The number of hydrogen-bond donors (Lipinski definition) is 2.